The van der Waals surface area contributed by atoms with E-state index in [1.165, 1.54) is 7.11 Å². The van der Waals surface area contributed by atoms with E-state index in [0.29, 0.717) is 5.75 Å². The summed E-state index contributed by atoms with van der Waals surface area (Å²) < 4.78 is 28.2. The number of carbonyl (C=O) groups is 1. The van der Waals surface area contributed by atoms with Crippen LogP contribution in [0.4, 0.5) is 0 Å². The molecule has 0 aliphatic rings. The molecule has 0 atom stereocenters. The molecule has 0 unspecified atom stereocenters. The first-order valence-electron chi connectivity index (χ1n) is 6.44. The van der Waals surface area contributed by atoms with Crippen LogP contribution in [-0.4, -0.2) is 24.8 Å². The third-order valence-corrected chi connectivity index (χ3v) is 4.44. The van der Waals surface area contributed by atoms with Crippen molar-refractivity contribution in [1.82, 2.24) is 0 Å². The van der Waals surface area contributed by atoms with Gasteiger partial charge in [0, 0.05) is 5.56 Å². The first kappa shape index (κ1) is 16.9. The van der Waals surface area contributed by atoms with Crippen LogP contribution in [-0.2, 0) is 13.6 Å². The van der Waals surface area contributed by atoms with E-state index >= 15 is 0 Å². The predicted octanol–water partition coefficient (Wildman–Crippen LogP) is 3.88. The second kappa shape index (κ2) is 7.02. The Morgan fingerprint density at radius 3 is 1.80 bits per heavy atom. The molecule has 0 saturated heterocycles. The number of carbonyl (C=O) groups excluding carboxylic acids is 1. The fourth-order valence-electron chi connectivity index (χ4n) is 1.57. The van der Waals surface area contributed by atoms with E-state index in [1.807, 2.05) is 0 Å². The Labute approximate surface area is 119 Å². The lowest BCUT2D eigenvalue weighted by Gasteiger charge is -2.21. The van der Waals surface area contributed by atoms with Gasteiger partial charge >= 0.3 is 7.60 Å². The molecule has 5 nitrogen and oxygen atoms in total. The maximum Gasteiger partial charge on any atom is 0.402 e. The zero-order chi connectivity index (χ0) is 15.3. The van der Waals surface area contributed by atoms with Crippen LogP contribution < -0.4 is 4.74 Å². The maximum absolute atomic E-state index is 12.7. The summed E-state index contributed by atoms with van der Waals surface area (Å²) in [6.45, 7) is 6.82. The summed E-state index contributed by atoms with van der Waals surface area (Å²) in [7, 11) is -2.31. The van der Waals surface area contributed by atoms with Crippen molar-refractivity contribution in [2.24, 2.45) is 0 Å². The van der Waals surface area contributed by atoms with Gasteiger partial charge in [-0.25, -0.2) is 0 Å². The molecule has 6 heteroatoms. The largest absolute Gasteiger partial charge is 0.497 e. The van der Waals surface area contributed by atoms with Crippen molar-refractivity contribution in [3.63, 3.8) is 0 Å². The minimum atomic E-state index is -3.85. The van der Waals surface area contributed by atoms with Crippen LogP contribution in [0.25, 0.3) is 0 Å². The van der Waals surface area contributed by atoms with E-state index in [1.54, 1.807) is 52.0 Å². The minimum Gasteiger partial charge on any atom is -0.497 e. The topological polar surface area (TPSA) is 61.8 Å². The van der Waals surface area contributed by atoms with Crippen LogP contribution in [0.15, 0.2) is 24.3 Å². The van der Waals surface area contributed by atoms with Crippen molar-refractivity contribution < 1.29 is 23.1 Å². The Balaban J connectivity index is 3.05. The lowest BCUT2D eigenvalue weighted by atomic mass is 10.2. The van der Waals surface area contributed by atoms with Crippen molar-refractivity contribution in [2.45, 2.75) is 39.9 Å². The summed E-state index contributed by atoms with van der Waals surface area (Å²) in [4.78, 5) is 12.4. The van der Waals surface area contributed by atoms with Crippen LogP contribution >= 0.6 is 7.60 Å². The van der Waals surface area contributed by atoms with Gasteiger partial charge in [0.2, 0.25) is 0 Å². The lowest BCUT2D eigenvalue weighted by molar-refractivity contribution is 0.0924. The summed E-state index contributed by atoms with van der Waals surface area (Å²) in [5, 5.41) is 0. The Morgan fingerprint density at radius 1 is 1.00 bits per heavy atom. The van der Waals surface area contributed by atoms with E-state index in [-0.39, 0.29) is 17.8 Å². The molecule has 0 bridgehead atoms. The molecule has 0 aliphatic carbocycles. The van der Waals surface area contributed by atoms with Crippen LogP contribution in [0.5, 0.6) is 5.75 Å². The molecule has 1 aromatic rings. The van der Waals surface area contributed by atoms with Gasteiger partial charge in [0.1, 0.15) is 5.75 Å². The highest BCUT2D eigenvalue weighted by Gasteiger charge is 2.37. The molecule has 0 fully saturated rings. The number of methoxy groups -OCH3 is 1. The minimum absolute atomic E-state index is 0.274. The van der Waals surface area contributed by atoms with Gasteiger partial charge in [-0.15, -0.1) is 0 Å². The van der Waals surface area contributed by atoms with Crippen molar-refractivity contribution in [3.05, 3.63) is 29.8 Å². The number of ether oxygens (including phenoxy) is 1. The van der Waals surface area contributed by atoms with Gasteiger partial charge < -0.3 is 13.8 Å². The lowest BCUT2D eigenvalue weighted by Crippen LogP contribution is -2.14. The molecule has 0 N–H and O–H groups in total. The molecule has 0 radical (unpaired) electrons. The molecule has 0 heterocycles. The highest BCUT2D eigenvalue weighted by Crippen LogP contribution is 2.53. The zero-order valence-electron chi connectivity index (χ0n) is 12.5. The third-order valence-electron chi connectivity index (χ3n) is 2.28. The Bertz CT molecular complexity index is 479. The Kier molecular flexibility index (Phi) is 5.93. The second-order valence-corrected chi connectivity index (χ2v) is 6.66. The van der Waals surface area contributed by atoms with Gasteiger partial charge in [-0.3, -0.25) is 9.36 Å². The van der Waals surface area contributed by atoms with E-state index < -0.39 is 13.1 Å². The average molecular weight is 300 g/mol. The van der Waals surface area contributed by atoms with Crippen molar-refractivity contribution in [1.29, 1.82) is 0 Å². The zero-order valence-corrected chi connectivity index (χ0v) is 13.3. The predicted molar refractivity (Wildman–Crippen MR) is 77.4 cm³/mol. The first-order valence-corrected chi connectivity index (χ1v) is 7.98. The van der Waals surface area contributed by atoms with Crippen molar-refractivity contribution in [3.8, 4) is 5.75 Å². The van der Waals surface area contributed by atoms with E-state index in [9.17, 15) is 9.36 Å². The molecule has 0 spiro atoms. The van der Waals surface area contributed by atoms with Crippen LogP contribution in [0.3, 0.4) is 0 Å². The highest BCUT2D eigenvalue weighted by atomic mass is 31.2. The quantitative estimate of drug-likeness (QED) is 0.715. The standard InChI is InChI=1S/C14H21O5P/c1-10(2)18-20(16,19-11(3)4)14(15)12-6-8-13(17-5)9-7-12/h6-11H,1-5H3. The summed E-state index contributed by atoms with van der Waals surface area (Å²) in [6.07, 6.45) is -0.747. The van der Waals surface area contributed by atoms with Crippen LogP contribution in [0.2, 0.25) is 0 Å². The van der Waals surface area contributed by atoms with Crippen molar-refractivity contribution in [2.75, 3.05) is 7.11 Å². The number of rotatable bonds is 7. The summed E-state index contributed by atoms with van der Waals surface area (Å²) in [5.41, 5.74) is -0.363. The van der Waals surface area contributed by atoms with Gasteiger partial charge in [-0.2, -0.15) is 0 Å². The molecular formula is C14H21O5P. The molecule has 0 amide bonds. The molecule has 0 saturated carbocycles. The number of benzene rings is 1. The fourth-order valence-corrected chi connectivity index (χ4v) is 3.38. The van der Waals surface area contributed by atoms with Gasteiger partial charge in [-0.1, -0.05) is 0 Å². The van der Waals surface area contributed by atoms with E-state index in [4.69, 9.17) is 13.8 Å². The summed E-state index contributed by atoms with van der Waals surface area (Å²) >= 11 is 0. The van der Waals surface area contributed by atoms with Gasteiger partial charge in [0.05, 0.1) is 19.3 Å². The Hall–Kier alpha value is -1.16. The van der Waals surface area contributed by atoms with Crippen molar-refractivity contribution >= 4 is 13.1 Å². The number of hydrogen-bond acceptors (Lipinski definition) is 5. The molecule has 1 aromatic carbocycles. The first-order chi connectivity index (χ1) is 9.28. The van der Waals surface area contributed by atoms with E-state index in [2.05, 4.69) is 0 Å². The second-order valence-electron chi connectivity index (χ2n) is 4.84. The maximum atomic E-state index is 12.7. The average Bonchev–Trinajstić information content (AvgIpc) is 2.36. The molecule has 20 heavy (non-hydrogen) atoms. The summed E-state index contributed by atoms with van der Waals surface area (Å²) in [5.74, 6) is 0.617. The summed E-state index contributed by atoms with van der Waals surface area (Å²) in [6, 6.07) is 6.34. The normalized spacial score (nSPS) is 11.9. The SMILES string of the molecule is COc1ccc(C(=O)P(=O)(OC(C)C)OC(C)C)cc1. The molecule has 0 aliphatic heterocycles. The van der Waals surface area contributed by atoms with Gasteiger partial charge in [0.25, 0.3) is 5.52 Å². The molecule has 0 aromatic heterocycles. The smallest absolute Gasteiger partial charge is 0.402 e. The van der Waals surface area contributed by atoms with Crippen LogP contribution in [0, 0.1) is 0 Å². The van der Waals surface area contributed by atoms with Gasteiger partial charge in [-0.05, 0) is 52.0 Å². The Morgan fingerprint density at radius 2 is 1.45 bits per heavy atom. The number of hydrogen-bond donors (Lipinski definition) is 0. The monoisotopic (exact) mass is 300 g/mol. The molecular weight excluding hydrogens is 279 g/mol. The van der Waals surface area contributed by atoms with Crippen LogP contribution in [0.1, 0.15) is 38.1 Å². The highest BCUT2D eigenvalue weighted by molar-refractivity contribution is 7.72. The third kappa shape index (κ3) is 4.44. The van der Waals surface area contributed by atoms with Gasteiger partial charge in [0.15, 0.2) is 0 Å². The molecule has 1 rings (SSSR count). The molecule has 112 valence electrons. The van der Waals surface area contributed by atoms with E-state index in [0.717, 1.165) is 0 Å². The fraction of sp³-hybridized carbons (Fsp3) is 0.500.